The molecule has 0 saturated heterocycles. The second kappa shape index (κ2) is 5.82. The van der Waals surface area contributed by atoms with Crippen LogP contribution in [0.25, 0.3) is 0 Å². The minimum Gasteiger partial charge on any atom is -0.196 e. The average molecular weight is 328 g/mol. The van der Waals surface area contributed by atoms with E-state index in [4.69, 9.17) is 0 Å². The molecule has 0 saturated carbocycles. The van der Waals surface area contributed by atoms with E-state index in [0.717, 1.165) is 11.1 Å². The minimum absolute atomic E-state index is 0.0669. The highest BCUT2D eigenvalue weighted by Gasteiger charge is 2.61. The first-order chi connectivity index (χ1) is 11.7. The molecule has 1 aliphatic rings. The fourth-order valence-corrected chi connectivity index (χ4v) is 4.62. The fourth-order valence-electron chi connectivity index (χ4n) is 3.45. The Kier molecular flexibility index (Phi) is 3.83. The number of hydrogen-bond donors (Lipinski definition) is 0. The van der Waals surface area contributed by atoms with Crippen molar-refractivity contribution < 1.29 is 0 Å². The fraction of sp³-hybridized carbons (Fsp3) is 0.263. The van der Waals surface area contributed by atoms with Crippen LogP contribution in [-0.2, 0) is 11.8 Å². The van der Waals surface area contributed by atoms with Gasteiger partial charge in [-0.2, -0.15) is 21.0 Å². The minimum atomic E-state index is -1.73. The molecule has 1 aromatic heterocycles. The number of benzene rings is 1. The van der Waals surface area contributed by atoms with Gasteiger partial charge < -0.3 is 0 Å². The monoisotopic (exact) mass is 328 g/mol. The first kappa shape index (κ1) is 15.8. The molecule has 1 heterocycles. The van der Waals surface area contributed by atoms with Crippen molar-refractivity contribution in [2.45, 2.75) is 24.2 Å². The SMILES string of the molecule is N#CC1(C#N)CC(Cc2ccccc2)c2ccsc2C1(C#N)C#N. The lowest BCUT2D eigenvalue weighted by molar-refractivity contribution is 0.311. The molecule has 1 unspecified atom stereocenters. The first-order valence-electron chi connectivity index (χ1n) is 7.43. The van der Waals surface area contributed by atoms with Crippen molar-refractivity contribution in [3.8, 4) is 24.3 Å². The van der Waals surface area contributed by atoms with Crippen LogP contribution < -0.4 is 0 Å². The van der Waals surface area contributed by atoms with E-state index < -0.39 is 10.8 Å². The largest absolute Gasteiger partial charge is 0.209 e. The van der Waals surface area contributed by atoms with Gasteiger partial charge in [0.1, 0.15) is 0 Å². The molecule has 0 spiro atoms. The maximum atomic E-state index is 9.72. The Bertz CT molecular complexity index is 903. The first-order valence-corrected chi connectivity index (χ1v) is 8.31. The lowest BCUT2D eigenvalue weighted by Gasteiger charge is -2.39. The predicted octanol–water partition coefficient (Wildman–Crippen LogP) is 3.80. The lowest BCUT2D eigenvalue weighted by Crippen LogP contribution is -2.46. The number of hydrogen-bond acceptors (Lipinski definition) is 5. The molecule has 3 rings (SSSR count). The molecule has 0 N–H and O–H groups in total. The summed E-state index contributed by atoms with van der Waals surface area (Å²) in [6.45, 7) is 0. The number of nitrogens with zero attached hydrogens (tertiary/aromatic N) is 4. The van der Waals surface area contributed by atoms with Gasteiger partial charge in [0, 0.05) is 4.88 Å². The van der Waals surface area contributed by atoms with Gasteiger partial charge in [-0.25, -0.2) is 0 Å². The summed E-state index contributed by atoms with van der Waals surface area (Å²) in [6.07, 6.45) is 0.850. The van der Waals surface area contributed by atoms with Gasteiger partial charge in [-0.1, -0.05) is 30.3 Å². The summed E-state index contributed by atoms with van der Waals surface area (Å²) >= 11 is 1.28. The number of nitriles is 4. The van der Waals surface area contributed by atoms with E-state index in [1.165, 1.54) is 11.3 Å². The zero-order valence-electron chi connectivity index (χ0n) is 12.7. The van der Waals surface area contributed by atoms with Gasteiger partial charge in [0.15, 0.2) is 5.41 Å². The van der Waals surface area contributed by atoms with Gasteiger partial charge in [-0.15, -0.1) is 11.3 Å². The van der Waals surface area contributed by atoms with Crippen molar-refractivity contribution >= 4 is 11.3 Å². The van der Waals surface area contributed by atoms with Crippen molar-refractivity contribution in [1.82, 2.24) is 0 Å². The molecule has 0 aliphatic heterocycles. The molecule has 1 atom stereocenters. The van der Waals surface area contributed by atoms with E-state index in [2.05, 4.69) is 0 Å². The van der Waals surface area contributed by atoms with Crippen LogP contribution in [0.2, 0.25) is 0 Å². The number of rotatable bonds is 2. The Morgan fingerprint density at radius 2 is 1.62 bits per heavy atom. The highest BCUT2D eigenvalue weighted by molar-refractivity contribution is 7.10. The summed E-state index contributed by atoms with van der Waals surface area (Å²) in [5.74, 6) is -0.0669. The highest BCUT2D eigenvalue weighted by atomic mass is 32.1. The third-order valence-electron chi connectivity index (χ3n) is 4.71. The summed E-state index contributed by atoms with van der Waals surface area (Å²) in [5.41, 5.74) is -1.38. The Hall–Kier alpha value is -3.12. The van der Waals surface area contributed by atoms with Crippen LogP contribution in [0.4, 0.5) is 0 Å². The van der Waals surface area contributed by atoms with Gasteiger partial charge in [0.2, 0.25) is 5.41 Å². The standard InChI is InChI=1S/C19H12N4S/c20-10-18(11-21)9-15(8-14-4-2-1-3-5-14)16-6-7-24-17(16)19(18,12-22)13-23/h1-7,15H,8-9H2. The molecular formula is C19H12N4S. The van der Waals surface area contributed by atoms with Gasteiger partial charge in [0.25, 0.3) is 0 Å². The molecule has 2 aromatic rings. The highest BCUT2D eigenvalue weighted by Crippen LogP contribution is 2.55. The average Bonchev–Trinajstić information content (AvgIpc) is 3.13. The van der Waals surface area contributed by atoms with Crippen LogP contribution in [-0.4, -0.2) is 0 Å². The Labute approximate surface area is 144 Å². The van der Waals surface area contributed by atoms with Gasteiger partial charge in [0.05, 0.1) is 24.3 Å². The summed E-state index contributed by atoms with van der Waals surface area (Å²) in [5, 5.41) is 40.7. The molecule has 5 heteroatoms. The predicted molar refractivity (Wildman–Crippen MR) is 88.4 cm³/mol. The second-order valence-electron chi connectivity index (χ2n) is 5.90. The van der Waals surface area contributed by atoms with Crippen LogP contribution in [0.1, 0.15) is 28.3 Å². The molecule has 0 radical (unpaired) electrons. The van der Waals surface area contributed by atoms with Crippen LogP contribution in [0.15, 0.2) is 41.8 Å². The van der Waals surface area contributed by atoms with E-state index in [1.54, 1.807) is 0 Å². The van der Waals surface area contributed by atoms with E-state index in [1.807, 2.05) is 66.1 Å². The number of thiophene rings is 1. The lowest BCUT2D eigenvalue weighted by atomic mass is 9.56. The smallest absolute Gasteiger partial charge is 0.196 e. The maximum Gasteiger partial charge on any atom is 0.209 e. The van der Waals surface area contributed by atoms with Gasteiger partial charge in [-0.3, -0.25) is 0 Å². The van der Waals surface area contributed by atoms with E-state index in [0.29, 0.717) is 11.3 Å². The van der Waals surface area contributed by atoms with Gasteiger partial charge >= 0.3 is 0 Å². The van der Waals surface area contributed by atoms with Crippen molar-refractivity contribution in [3.63, 3.8) is 0 Å². The normalized spacial score (nSPS) is 19.8. The third-order valence-corrected chi connectivity index (χ3v) is 5.76. The molecule has 114 valence electrons. The van der Waals surface area contributed by atoms with Crippen molar-refractivity contribution in [3.05, 3.63) is 57.8 Å². The maximum absolute atomic E-state index is 9.72. The number of fused-ring (bicyclic) bond motifs is 1. The van der Waals surface area contributed by atoms with Crippen molar-refractivity contribution in [2.24, 2.45) is 5.41 Å². The summed E-state index contributed by atoms with van der Waals surface area (Å²) in [7, 11) is 0. The van der Waals surface area contributed by atoms with Crippen LogP contribution in [0.3, 0.4) is 0 Å². The van der Waals surface area contributed by atoms with Crippen molar-refractivity contribution in [1.29, 1.82) is 21.0 Å². The Morgan fingerprint density at radius 1 is 0.958 bits per heavy atom. The van der Waals surface area contributed by atoms with Gasteiger partial charge in [-0.05, 0) is 41.3 Å². The zero-order valence-corrected chi connectivity index (χ0v) is 13.5. The summed E-state index contributed by atoms with van der Waals surface area (Å²) in [6, 6.07) is 19.7. The molecular weight excluding hydrogens is 316 g/mol. The summed E-state index contributed by atoms with van der Waals surface area (Å²) in [4.78, 5) is 0.544. The molecule has 24 heavy (non-hydrogen) atoms. The Morgan fingerprint density at radius 3 is 2.21 bits per heavy atom. The van der Waals surface area contributed by atoms with E-state index in [-0.39, 0.29) is 12.3 Å². The molecule has 1 aliphatic carbocycles. The zero-order chi connectivity index (χ0) is 17.2. The molecule has 0 amide bonds. The third kappa shape index (κ3) is 2.00. The Balaban J connectivity index is 2.17. The molecule has 0 bridgehead atoms. The summed E-state index contributed by atoms with van der Waals surface area (Å²) < 4.78 is 0. The van der Waals surface area contributed by atoms with E-state index in [9.17, 15) is 21.0 Å². The molecule has 4 nitrogen and oxygen atoms in total. The molecule has 1 aromatic carbocycles. The van der Waals surface area contributed by atoms with Crippen LogP contribution in [0, 0.1) is 50.7 Å². The quantitative estimate of drug-likeness (QED) is 0.837. The van der Waals surface area contributed by atoms with Crippen molar-refractivity contribution in [2.75, 3.05) is 0 Å². The van der Waals surface area contributed by atoms with E-state index >= 15 is 0 Å². The second-order valence-corrected chi connectivity index (χ2v) is 6.81. The van der Waals surface area contributed by atoms with Crippen LogP contribution in [0.5, 0.6) is 0 Å². The topological polar surface area (TPSA) is 95.2 Å². The van der Waals surface area contributed by atoms with Crippen LogP contribution >= 0.6 is 11.3 Å². The molecule has 0 fully saturated rings.